The van der Waals surface area contributed by atoms with Gasteiger partial charge in [0.2, 0.25) is 0 Å². The lowest BCUT2D eigenvalue weighted by Gasteiger charge is -2.40. The van der Waals surface area contributed by atoms with Crippen LogP contribution >= 0.6 is 0 Å². The average molecular weight is 228 g/mol. The van der Waals surface area contributed by atoms with Gasteiger partial charge in [-0.05, 0) is 12.8 Å². The van der Waals surface area contributed by atoms with Crippen LogP contribution < -0.4 is 0 Å². The first-order valence-corrected chi connectivity index (χ1v) is 6.05. The summed E-state index contributed by atoms with van der Waals surface area (Å²) in [5, 5.41) is 10.4. The van der Waals surface area contributed by atoms with Gasteiger partial charge < -0.3 is 14.6 Å². The summed E-state index contributed by atoms with van der Waals surface area (Å²) in [7, 11) is 1.55. The Hall–Kier alpha value is -0.540. The lowest BCUT2D eigenvalue weighted by Crippen LogP contribution is -2.41. The third kappa shape index (κ3) is 2.25. The van der Waals surface area contributed by atoms with E-state index in [2.05, 4.69) is 20.8 Å². The zero-order valence-electron chi connectivity index (χ0n) is 11.1. The van der Waals surface area contributed by atoms with Crippen molar-refractivity contribution in [3.63, 3.8) is 0 Å². The van der Waals surface area contributed by atoms with Gasteiger partial charge in [-0.15, -0.1) is 0 Å². The van der Waals surface area contributed by atoms with Gasteiger partial charge in [0, 0.05) is 24.5 Å². The van der Waals surface area contributed by atoms with E-state index in [-0.39, 0.29) is 5.41 Å². The number of aliphatic hydroxyl groups is 1. The second kappa shape index (κ2) is 4.76. The minimum Gasteiger partial charge on any atom is -0.497 e. The normalized spacial score (nSPS) is 26.9. The molecule has 3 heteroatoms. The second-order valence-corrected chi connectivity index (χ2v) is 4.99. The van der Waals surface area contributed by atoms with Gasteiger partial charge in [0.25, 0.3) is 0 Å². The topological polar surface area (TPSA) is 38.7 Å². The molecule has 0 aromatic carbocycles. The first-order chi connectivity index (χ1) is 7.41. The van der Waals surface area contributed by atoms with Crippen molar-refractivity contribution >= 4 is 0 Å². The highest BCUT2D eigenvalue weighted by molar-refractivity contribution is 5.24. The van der Waals surface area contributed by atoms with Crippen molar-refractivity contribution in [2.45, 2.75) is 52.7 Å². The molecule has 0 saturated carbocycles. The van der Waals surface area contributed by atoms with Crippen LogP contribution in [0.15, 0.2) is 11.3 Å². The molecular formula is C13H24O3. The molecule has 1 N–H and O–H groups in total. The number of ether oxygens (including phenoxy) is 2. The molecule has 0 spiro atoms. The molecule has 0 aromatic rings. The minimum atomic E-state index is -1.13. The Balaban J connectivity index is 3.20. The van der Waals surface area contributed by atoms with Crippen LogP contribution in [0.4, 0.5) is 0 Å². The molecule has 1 heterocycles. The number of allylic oxidation sites excluding steroid dienone is 1. The molecule has 1 aliphatic rings. The maximum Gasteiger partial charge on any atom is 0.194 e. The van der Waals surface area contributed by atoms with Crippen molar-refractivity contribution < 1.29 is 14.6 Å². The third-order valence-electron chi connectivity index (χ3n) is 3.62. The summed E-state index contributed by atoms with van der Waals surface area (Å²) >= 11 is 0. The Morgan fingerprint density at radius 1 is 1.44 bits per heavy atom. The molecule has 94 valence electrons. The molecule has 1 unspecified atom stereocenters. The summed E-state index contributed by atoms with van der Waals surface area (Å²) < 4.78 is 11.0. The van der Waals surface area contributed by atoms with E-state index >= 15 is 0 Å². The Morgan fingerprint density at radius 2 is 2.06 bits per heavy atom. The fourth-order valence-corrected chi connectivity index (χ4v) is 2.13. The average Bonchev–Trinajstić information content (AvgIpc) is 2.28. The smallest absolute Gasteiger partial charge is 0.194 e. The molecule has 1 rings (SSSR count). The van der Waals surface area contributed by atoms with E-state index in [9.17, 15) is 5.11 Å². The van der Waals surface area contributed by atoms with E-state index in [0.717, 1.165) is 24.2 Å². The molecule has 0 aromatic heterocycles. The van der Waals surface area contributed by atoms with Crippen LogP contribution in [0.25, 0.3) is 0 Å². The molecular weight excluding hydrogens is 204 g/mol. The van der Waals surface area contributed by atoms with E-state index in [1.54, 1.807) is 7.11 Å². The predicted molar refractivity (Wildman–Crippen MR) is 63.9 cm³/mol. The first-order valence-electron chi connectivity index (χ1n) is 6.05. The van der Waals surface area contributed by atoms with Crippen molar-refractivity contribution in [2.24, 2.45) is 5.41 Å². The van der Waals surface area contributed by atoms with Gasteiger partial charge in [0.1, 0.15) is 5.76 Å². The molecule has 16 heavy (non-hydrogen) atoms. The summed E-state index contributed by atoms with van der Waals surface area (Å²) in [5.74, 6) is -0.220. The standard InChI is InChI=1S/C13H24O3/c1-6-10-11(12(3,4)7-2)16-9-8-13(10,14)15-5/h14H,6-9H2,1-5H3. The highest BCUT2D eigenvalue weighted by Gasteiger charge is 2.41. The molecule has 0 fully saturated rings. The Labute approximate surface area is 98.4 Å². The van der Waals surface area contributed by atoms with Crippen molar-refractivity contribution in [3.8, 4) is 0 Å². The Kier molecular flexibility index (Phi) is 4.02. The SMILES string of the molecule is CCC1=C(C(C)(C)CC)OCCC1(O)OC. The molecule has 0 bridgehead atoms. The zero-order chi connectivity index (χ0) is 12.4. The van der Waals surface area contributed by atoms with Crippen molar-refractivity contribution in [1.82, 2.24) is 0 Å². The third-order valence-corrected chi connectivity index (χ3v) is 3.62. The number of hydrogen-bond acceptors (Lipinski definition) is 3. The van der Waals surface area contributed by atoms with Gasteiger partial charge in [-0.1, -0.05) is 27.7 Å². The zero-order valence-corrected chi connectivity index (χ0v) is 11.1. The van der Waals surface area contributed by atoms with Crippen molar-refractivity contribution in [3.05, 3.63) is 11.3 Å². The maximum atomic E-state index is 10.4. The van der Waals surface area contributed by atoms with Gasteiger partial charge in [0.05, 0.1) is 6.61 Å². The summed E-state index contributed by atoms with van der Waals surface area (Å²) in [6.07, 6.45) is 2.24. The van der Waals surface area contributed by atoms with Crippen LogP contribution in [-0.4, -0.2) is 24.6 Å². The van der Waals surface area contributed by atoms with Crippen LogP contribution in [0.3, 0.4) is 0 Å². The van der Waals surface area contributed by atoms with Crippen molar-refractivity contribution in [1.29, 1.82) is 0 Å². The van der Waals surface area contributed by atoms with Crippen LogP contribution in [0.2, 0.25) is 0 Å². The number of hydrogen-bond donors (Lipinski definition) is 1. The van der Waals surface area contributed by atoms with E-state index in [4.69, 9.17) is 9.47 Å². The highest BCUT2D eigenvalue weighted by atomic mass is 16.6. The largest absolute Gasteiger partial charge is 0.497 e. The van der Waals surface area contributed by atoms with Gasteiger partial charge in [-0.3, -0.25) is 0 Å². The van der Waals surface area contributed by atoms with Gasteiger partial charge >= 0.3 is 0 Å². The van der Waals surface area contributed by atoms with E-state index in [1.807, 2.05) is 6.92 Å². The van der Waals surface area contributed by atoms with Crippen molar-refractivity contribution in [2.75, 3.05) is 13.7 Å². The Bertz CT molecular complexity index is 281. The summed E-state index contributed by atoms with van der Waals surface area (Å²) in [5.41, 5.74) is 0.853. The van der Waals surface area contributed by atoms with Crippen LogP contribution in [-0.2, 0) is 9.47 Å². The number of methoxy groups -OCH3 is 1. The second-order valence-electron chi connectivity index (χ2n) is 4.99. The predicted octanol–water partition coefficient (Wildman–Crippen LogP) is 2.84. The fraction of sp³-hybridized carbons (Fsp3) is 0.846. The lowest BCUT2D eigenvalue weighted by molar-refractivity contribution is -0.182. The van der Waals surface area contributed by atoms with E-state index in [1.165, 1.54) is 0 Å². The summed E-state index contributed by atoms with van der Waals surface area (Å²) in [6, 6.07) is 0. The highest BCUT2D eigenvalue weighted by Crippen LogP contribution is 2.42. The molecule has 1 aliphatic heterocycles. The maximum absolute atomic E-state index is 10.4. The minimum absolute atomic E-state index is 0.0434. The van der Waals surface area contributed by atoms with Gasteiger partial charge in [0.15, 0.2) is 5.79 Å². The summed E-state index contributed by atoms with van der Waals surface area (Å²) in [6.45, 7) is 8.95. The van der Waals surface area contributed by atoms with Crippen LogP contribution in [0.5, 0.6) is 0 Å². The fourth-order valence-electron chi connectivity index (χ4n) is 2.13. The monoisotopic (exact) mass is 228 g/mol. The molecule has 1 atom stereocenters. The molecule has 0 amide bonds. The summed E-state index contributed by atoms with van der Waals surface area (Å²) in [4.78, 5) is 0. The van der Waals surface area contributed by atoms with Gasteiger partial charge in [-0.25, -0.2) is 0 Å². The van der Waals surface area contributed by atoms with Crippen LogP contribution in [0.1, 0.15) is 47.0 Å². The molecule has 3 nitrogen and oxygen atoms in total. The quantitative estimate of drug-likeness (QED) is 0.752. The molecule has 0 saturated heterocycles. The first kappa shape index (κ1) is 13.5. The van der Waals surface area contributed by atoms with Crippen LogP contribution in [0, 0.1) is 5.41 Å². The van der Waals surface area contributed by atoms with E-state index in [0.29, 0.717) is 13.0 Å². The molecule has 0 radical (unpaired) electrons. The Morgan fingerprint density at radius 3 is 2.50 bits per heavy atom. The number of rotatable bonds is 4. The van der Waals surface area contributed by atoms with E-state index < -0.39 is 5.79 Å². The van der Waals surface area contributed by atoms with Gasteiger partial charge in [-0.2, -0.15) is 0 Å². The lowest BCUT2D eigenvalue weighted by atomic mass is 9.81. The molecule has 0 aliphatic carbocycles.